The average Bonchev–Trinajstić information content (AvgIpc) is 2.38. The normalized spacial score (nSPS) is 10.1. The van der Waals surface area contributed by atoms with Gasteiger partial charge >= 0.3 is 5.91 Å². The topological polar surface area (TPSA) is 86.4 Å². The lowest BCUT2D eigenvalue weighted by atomic mass is 10.2. The van der Waals surface area contributed by atoms with Crippen molar-refractivity contribution in [3.63, 3.8) is 0 Å². The van der Waals surface area contributed by atoms with Gasteiger partial charge in [0, 0.05) is 18.2 Å². The molecule has 0 radical (unpaired) electrons. The fourth-order valence-electron chi connectivity index (χ4n) is 1.65. The van der Waals surface area contributed by atoms with Gasteiger partial charge in [0.05, 0.1) is 21.2 Å². The molecule has 0 spiro atoms. The van der Waals surface area contributed by atoms with Crippen LogP contribution in [0.3, 0.4) is 0 Å². The van der Waals surface area contributed by atoms with Crippen molar-refractivity contribution in [1.29, 1.82) is 0 Å². The molecule has 0 aliphatic carbocycles. The first-order valence-electron chi connectivity index (χ1n) is 5.71. The van der Waals surface area contributed by atoms with Crippen molar-refractivity contribution < 1.29 is 14.7 Å². The molecule has 0 aliphatic rings. The Bertz CT molecular complexity index is 688. The van der Waals surface area contributed by atoms with Crippen molar-refractivity contribution >= 4 is 29.0 Å². The number of rotatable bonds is 3. The largest absolute Gasteiger partial charge is 0.340 e. The summed E-state index contributed by atoms with van der Waals surface area (Å²) in [7, 11) is 0. The second-order valence-electron chi connectivity index (χ2n) is 4.12. The Morgan fingerprint density at radius 3 is 2.75 bits per heavy atom. The minimum Gasteiger partial charge on any atom is -0.258 e. The molecule has 1 heterocycles. The number of halogens is 1. The summed E-state index contributed by atoms with van der Waals surface area (Å²) in [4.78, 5) is 25.2. The van der Waals surface area contributed by atoms with E-state index < -0.39 is 10.8 Å². The number of amides is 1. The van der Waals surface area contributed by atoms with Crippen LogP contribution in [-0.4, -0.2) is 10.8 Å². The predicted molar refractivity (Wildman–Crippen MR) is 73.8 cm³/mol. The van der Waals surface area contributed by atoms with Gasteiger partial charge < -0.3 is 0 Å². The molecule has 0 unspecified atom stereocenters. The van der Waals surface area contributed by atoms with Gasteiger partial charge in [0.25, 0.3) is 11.5 Å². The Hall–Kier alpha value is -2.47. The summed E-state index contributed by atoms with van der Waals surface area (Å²) in [5.41, 5.74) is 0.733. The highest BCUT2D eigenvalue weighted by Gasteiger charge is 2.19. The molecule has 2 aromatic rings. The minimum atomic E-state index is -0.577. The maximum absolute atomic E-state index is 12.1. The van der Waals surface area contributed by atoms with Crippen molar-refractivity contribution in [2.24, 2.45) is 0 Å². The second kappa shape index (κ2) is 5.66. The third kappa shape index (κ3) is 3.10. The smallest absolute Gasteiger partial charge is 0.258 e. The summed E-state index contributed by atoms with van der Waals surface area (Å²) in [5, 5.41) is 13.5. The molecular formula is C13H11ClN3O3+. The number of H-pyrrole nitrogens is 1. The van der Waals surface area contributed by atoms with E-state index in [4.69, 9.17) is 11.6 Å². The lowest BCUT2D eigenvalue weighted by molar-refractivity contribution is -0.384. The Balaban J connectivity index is 2.29. The van der Waals surface area contributed by atoms with E-state index in [-0.39, 0.29) is 16.3 Å². The molecular weight excluding hydrogens is 282 g/mol. The van der Waals surface area contributed by atoms with E-state index >= 15 is 0 Å². The predicted octanol–water partition coefficient (Wildman–Crippen LogP) is 2.62. The van der Waals surface area contributed by atoms with Crippen LogP contribution in [0.4, 0.5) is 11.5 Å². The van der Waals surface area contributed by atoms with E-state index in [0.717, 1.165) is 11.8 Å². The number of nitrogens with one attached hydrogen (secondary N) is 2. The first-order valence-corrected chi connectivity index (χ1v) is 6.09. The van der Waals surface area contributed by atoms with Crippen molar-refractivity contribution in [3.8, 4) is 0 Å². The first kappa shape index (κ1) is 14.0. The van der Waals surface area contributed by atoms with Gasteiger partial charge in [-0.2, -0.15) is 0 Å². The fraction of sp³-hybridized carbons (Fsp3) is 0.0769. The lowest BCUT2D eigenvalue weighted by Gasteiger charge is -2.01. The van der Waals surface area contributed by atoms with E-state index in [9.17, 15) is 14.9 Å². The quantitative estimate of drug-likeness (QED) is 0.697. The molecule has 1 aromatic heterocycles. The molecule has 0 atom stereocenters. The molecule has 0 saturated carbocycles. The summed E-state index contributed by atoms with van der Waals surface area (Å²) >= 11 is 5.90. The third-order valence-corrected chi connectivity index (χ3v) is 2.92. The second-order valence-corrected chi connectivity index (χ2v) is 4.53. The standard InChI is InChI=1S/C13H10ClN3O3/c1-8-3-2-4-12(15-8)16-13(18)10-7-9(17(19)20)5-6-11(10)14/h2-7H,1H3,(H,15,16,18)/p+1. The van der Waals surface area contributed by atoms with Gasteiger partial charge in [-0.3, -0.25) is 10.1 Å². The molecule has 1 aromatic carbocycles. The number of hydrogen-bond acceptors (Lipinski definition) is 3. The molecule has 20 heavy (non-hydrogen) atoms. The van der Waals surface area contributed by atoms with E-state index in [2.05, 4.69) is 10.3 Å². The van der Waals surface area contributed by atoms with Crippen molar-refractivity contribution in [2.75, 3.05) is 5.32 Å². The number of anilines is 1. The van der Waals surface area contributed by atoms with Crippen LogP contribution in [0.2, 0.25) is 5.02 Å². The Morgan fingerprint density at radius 2 is 2.10 bits per heavy atom. The highest BCUT2D eigenvalue weighted by molar-refractivity contribution is 6.34. The maximum Gasteiger partial charge on any atom is 0.340 e. The number of hydrogen-bond donors (Lipinski definition) is 1. The molecule has 0 saturated heterocycles. The zero-order chi connectivity index (χ0) is 14.7. The zero-order valence-electron chi connectivity index (χ0n) is 10.5. The number of benzene rings is 1. The average molecular weight is 293 g/mol. The lowest BCUT2D eigenvalue weighted by Crippen LogP contribution is -2.21. The van der Waals surface area contributed by atoms with Crippen molar-refractivity contribution in [2.45, 2.75) is 6.92 Å². The maximum atomic E-state index is 12.1. The Morgan fingerprint density at radius 1 is 1.35 bits per heavy atom. The highest BCUT2D eigenvalue weighted by atomic mass is 35.5. The number of non-ortho nitro benzene ring substituents is 1. The first-order chi connectivity index (χ1) is 9.47. The number of carbonyl (C=O) groups is 1. The summed E-state index contributed by atoms with van der Waals surface area (Å²) in [5.74, 6) is -0.0295. The van der Waals surface area contributed by atoms with Crippen LogP contribution in [0, 0.1) is 17.0 Å². The number of aromatic amines is 1. The number of pyridine rings is 1. The van der Waals surface area contributed by atoms with Crippen LogP contribution in [0.25, 0.3) is 0 Å². The third-order valence-electron chi connectivity index (χ3n) is 2.59. The van der Waals surface area contributed by atoms with Crippen LogP contribution in [0.15, 0.2) is 36.4 Å². The number of nitro groups is 1. The summed E-state index contributed by atoms with van der Waals surface area (Å²) < 4.78 is 0. The SMILES string of the molecule is Cc1cccc(NC(=O)c2cc([N+](=O)[O-])ccc2Cl)[nH+]1. The molecule has 0 aliphatic heterocycles. The Kier molecular flexibility index (Phi) is 3.95. The number of aryl methyl sites for hydroxylation is 1. The van der Waals surface area contributed by atoms with Crippen molar-refractivity contribution in [3.05, 3.63) is 62.8 Å². The zero-order valence-corrected chi connectivity index (χ0v) is 11.3. The number of nitrogens with zero attached hydrogens (tertiary/aromatic N) is 1. The van der Waals surface area contributed by atoms with E-state index in [1.807, 2.05) is 13.0 Å². The van der Waals surface area contributed by atoms with Gasteiger partial charge in [-0.25, -0.2) is 15.1 Å². The van der Waals surface area contributed by atoms with Gasteiger partial charge in [0.15, 0.2) is 0 Å². The van der Waals surface area contributed by atoms with Gasteiger partial charge in [0.1, 0.15) is 0 Å². The molecule has 1 amide bonds. The summed E-state index contributed by atoms with van der Waals surface area (Å²) in [6, 6.07) is 9.02. The van der Waals surface area contributed by atoms with Crippen molar-refractivity contribution in [1.82, 2.24) is 0 Å². The van der Waals surface area contributed by atoms with E-state index in [0.29, 0.717) is 5.82 Å². The molecule has 0 fully saturated rings. The van der Waals surface area contributed by atoms with Crippen LogP contribution in [0.5, 0.6) is 0 Å². The van der Waals surface area contributed by atoms with Crippen LogP contribution in [-0.2, 0) is 0 Å². The monoisotopic (exact) mass is 292 g/mol. The molecule has 7 heteroatoms. The van der Waals surface area contributed by atoms with E-state index in [1.165, 1.54) is 12.1 Å². The Labute approximate surface area is 119 Å². The van der Waals surface area contributed by atoms with Crippen LogP contribution < -0.4 is 10.3 Å². The molecule has 6 nitrogen and oxygen atoms in total. The van der Waals surface area contributed by atoms with E-state index in [1.54, 1.807) is 12.1 Å². The minimum absolute atomic E-state index is 0.0516. The molecule has 2 N–H and O–H groups in total. The van der Waals surface area contributed by atoms with Gasteiger partial charge in [0.2, 0.25) is 0 Å². The summed E-state index contributed by atoms with van der Waals surface area (Å²) in [6.07, 6.45) is 0. The fourth-order valence-corrected chi connectivity index (χ4v) is 1.85. The highest BCUT2D eigenvalue weighted by Crippen LogP contribution is 2.22. The van der Waals surface area contributed by atoms with Gasteiger partial charge in [-0.05, 0) is 19.1 Å². The molecule has 0 bridgehead atoms. The molecule has 102 valence electrons. The number of carbonyl (C=O) groups excluding carboxylic acids is 1. The number of aromatic nitrogens is 1. The molecule has 2 rings (SSSR count). The van der Waals surface area contributed by atoms with Crippen LogP contribution in [0.1, 0.15) is 16.1 Å². The summed E-state index contributed by atoms with van der Waals surface area (Å²) in [6.45, 7) is 1.84. The van der Waals surface area contributed by atoms with Crippen LogP contribution >= 0.6 is 11.6 Å². The number of nitro benzene ring substituents is 1. The van der Waals surface area contributed by atoms with Gasteiger partial charge in [-0.15, -0.1) is 0 Å². The van der Waals surface area contributed by atoms with Gasteiger partial charge in [-0.1, -0.05) is 17.7 Å².